The van der Waals surface area contributed by atoms with E-state index in [1.165, 1.54) is 11.8 Å². The highest BCUT2D eigenvalue weighted by Crippen LogP contribution is 2.25. The second-order valence-corrected chi connectivity index (χ2v) is 9.78. The van der Waals surface area contributed by atoms with E-state index in [0.29, 0.717) is 24.7 Å². The smallest absolute Gasteiger partial charge is 0.233 e. The van der Waals surface area contributed by atoms with E-state index in [1.54, 1.807) is 4.90 Å². The van der Waals surface area contributed by atoms with E-state index in [0.717, 1.165) is 23.2 Å². The summed E-state index contributed by atoms with van der Waals surface area (Å²) in [4.78, 5) is 22.1. The summed E-state index contributed by atoms with van der Waals surface area (Å²) in [5.74, 6) is 1.21. The molecular weight excluding hydrogens is 386 g/mol. The van der Waals surface area contributed by atoms with Gasteiger partial charge in [-0.25, -0.2) is 13.4 Å². The number of benzene rings is 1. The van der Waals surface area contributed by atoms with Gasteiger partial charge < -0.3 is 14.6 Å². The summed E-state index contributed by atoms with van der Waals surface area (Å²) < 4.78 is 29.0. The van der Waals surface area contributed by atoms with Gasteiger partial charge in [-0.05, 0) is 31.9 Å². The lowest BCUT2D eigenvalue weighted by Gasteiger charge is -2.27. The highest BCUT2D eigenvalue weighted by atomic mass is 32.2. The molecule has 0 radical (unpaired) electrons. The third kappa shape index (κ3) is 4.95. The van der Waals surface area contributed by atoms with Crippen molar-refractivity contribution in [2.75, 3.05) is 30.4 Å². The van der Waals surface area contributed by atoms with Gasteiger partial charge in [-0.15, -0.1) is 0 Å². The highest BCUT2D eigenvalue weighted by Gasteiger charge is 2.34. The average Bonchev–Trinajstić information content (AvgIpc) is 3.19. The first kappa shape index (κ1) is 20.0. The summed E-state index contributed by atoms with van der Waals surface area (Å²) in [7, 11) is -3.02. The molecule has 1 saturated heterocycles. The second kappa shape index (κ2) is 8.52. The zero-order valence-electron chi connectivity index (χ0n) is 15.6. The van der Waals surface area contributed by atoms with Crippen molar-refractivity contribution >= 4 is 38.5 Å². The number of aromatic nitrogens is 2. The van der Waals surface area contributed by atoms with Gasteiger partial charge >= 0.3 is 0 Å². The molecule has 1 aromatic heterocycles. The van der Waals surface area contributed by atoms with Gasteiger partial charge in [-0.1, -0.05) is 18.7 Å². The van der Waals surface area contributed by atoms with Crippen LogP contribution in [0.15, 0.2) is 23.4 Å². The van der Waals surface area contributed by atoms with E-state index in [4.69, 9.17) is 4.74 Å². The highest BCUT2D eigenvalue weighted by molar-refractivity contribution is 7.99. The Bertz CT molecular complexity index is 910. The van der Waals surface area contributed by atoms with Gasteiger partial charge in [0.05, 0.1) is 34.9 Å². The number of fused-ring (bicyclic) bond motifs is 1. The van der Waals surface area contributed by atoms with Crippen molar-refractivity contribution < 1.29 is 17.9 Å². The average molecular weight is 412 g/mol. The third-order valence-electron chi connectivity index (χ3n) is 4.51. The van der Waals surface area contributed by atoms with E-state index in [-0.39, 0.29) is 29.2 Å². The van der Waals surface area contributed by atoms with Crippen LogP contribution in [0, 0.1) is 0 Å². The normalized spacial score (nSPS) is 18.7. The molecule has 1 atom stereocenters. The minimum absolute atomic E-state index is 0.0422. The van der Waals surface area contributed by atoms with Crippen LogP contribution in [0.25, 0.3) is 11.0 Å². The molecule has 27 heavy (non-hydrogen) atoms. The predicted molar refractivity (Wildman–Crippen MR) is 107 cm³/mol. The number of amides is 1. The maximum atomic E-state index is 12.7. The van der Waals surface area contributed by atoms with Gasteiger partial charge in [0.25, 0.3) is 0 Å². The Kier molecular flexibility index (Phi) is 6.31. The van der Waals surface area contributed by atoms with Crippen molar-refractivity contribution in [3.63, 3.8) is 0 Å². The minimum atomic E-state index is -3.02. The molecule has 1 aliphatic rings. The number of imidazole rings is 1. The van der Waals surface area contributed by atoms with Gasteiger partial charge in [0.2, 0.25) is 5.91 Å². The molecule has 148 valence electrons. The van der Waals surface area contributed by atoms with Gasteiger partial charge in [0.15, 0.2) is 15.0 Å². The maximum absolute atomic E-state index is 12.7. The van der Waals surface area contributed by atoms with Crippen molar-refractivity contribution in [3.8, 4) is 5.75 Å². The second-order valence-electron chi connectivity index (χ2n) is 6.59. The molecule has 2 heterocycles. The Morgan fingerprint density at radius 2 is 2.22 bits per heavy atom. The number of carbonyl (C=O) groups is 1. The van der Waals surface area contributed by atoms with E-state index >= 15 is 0 Å². The zero-order valence-corrected chi connectivity index (χ0v) is 17.2. The number of carbonyl (C=O) groups excluding carboxylic acids is 1. The molecule has 2 aromatic rings. The van der Waals surface area contributed by atoms with Crippen molar-refractivity contribution in [2.45, 2.75) is 37.9 Å². The van der Waals surface area contributed by atoms with Gasteiger partial charge in [-0.2, -0.15) is 0 Å². The Balaban J connectivity index is 1.65. The lowest BCUT2D eigenvalue weighted by molar-refractivity contribution is -0.130. The summed E-state index contributed by atoms with van der Waals surface area (Å²) in [5.41, 5.74) is 1.68. The first-order chi connectivity index (χ1) is 12.9. The largest absolute Gasteiger partial charge is 0.494 e. The number of H-pyrrole nitrogens is 1. The Morgan fingerprint density at radius 3 is 2.89 bits per heavy atom. The SMILES string of the molecule is CCCN(C(=O)CSc1nc2ccc(OCC)cc2[nH]1)C1CCS(=O)(=O)C1. The summed E-state index contributed by atoms with van der Waals surface area (Å²) in [6, 6.07) is 5.45. The molecule has 1 fully saturated rings. The molecule has 0 aliphatic carbocycles. The monoisotopic (exact) mass is 411 g/mol. The third-order valence-corrected chi connectivity index (χ3v) is 7.12. The van der Waals surface area contributed by atoms with Gasteiger partial charge in [0, 0.05) is 18.7 Å². The molecule has 1 N–H and O–H groups in total. The molecule has 7 nitrogen and oxygen atoms in total. The molecular formula is C18H25N3O4S2. The van der Waals surface area contributed by atoms with Crippen LogP contribution in [0.2, 0.25) is 0 Å². The fraction of sp³-hybridized carbons (Fsp3) is 0.556. The molecule has 1 unspecified atom stereocenters. The number of nitrogens with one attached hydrogen (secondary N) is 1. The summed E-state index contributed by atoms with van der Waals surface area (Å²) in [5, 5.41) is 0.669. The Hall–Kier alpha value is -1.74. The van der Waals surface area contributed by atoms with Crippen molar-refractivity contribution in [1.29, 1.82) is 0 Å². The fourth-order valence-electron chi connectivity index (χ4n) is 3.28. The number of nitrogens with zero attached hydrogens (tertiary/aromatic N) is 2. The first-order valence-electron chi connectivity index (χ1n) is 9.17. The van der Waals surface area contributed by atoms with Crippen molar-refractivity contribution in [1.82, 2.24) is 14.9 Å². The standard InChI is InChI=1S/C18H25N3O4S2/c1-3-8-21(13-7-9-27(23,24)12-13)17(22)11-26-18-19-15-6-5-14(25-4-2)10-16(15)20-18/h5-6,10,13H,3-4,7-9,11-12H2,1-2H3,(H,19,20). The molecule has 3 rings (SSSR count). The number of rotatable bonds is 8. The zero-order chi connectivity index (χ0) is 19.4. The molecule has 0 bridgehead atoms. The van der Waals surface area contributed by atoms with E-state index in [9.17, 15) is 13.2 Å². The molecule has 9 heteroatoms. The van der Waals surface area contributed by atoms with Crippen LogP contribution in [-0.4, -0.2) is 65.6 Å². The van der Waals surface area contributed by atoms with E-state index in [1.807, 2.05) is 32.0 Å². The lowest BCUT2D eigenvalue weighted by Crippen LogP contribution is -2.42. The number of hydrogen-bond donors (Lipinski definition) is 1. The van der Waals surface area contributed by atoms with Crippen LogP contribution in [0.5, 0.6) is 5.75 Å². The number of sulfone groups is 1. The number of hydrogen-bond acceptors (Lipinski definition) is 6. The first-order valence-corrected chi connectivity index (χ1v) is 12.0. The van der Waals surface area contributed by atoms with E-state index < -0.39 is 9.84 Å². The number of aromatic amines is 1. The maximum Gasteiger partial charge on any atom is 0.233 e. The van der Waals surface area contributed by atoms with Crippen molar-refractivity contribution in [3.05, 3.63) is 18.2 Å². The quantitative estimate of drug-likeness (QED) is 0.671. The van der Waals surface area contributed by atoms with Crippen LogP contribution < -0.4 is 4.74 Å². The predicted octanol–water partition coefficient (Wildman–Crippen LogP) is 2.48. The lowest BCUT2D eigenvalue weighted by atomic mass is 10.2. The fourth-order valence-corrected chi connectivity index (χ4v) is 5.78. The van der Waals surface area contributed by atoms with Crippen LogP contribution >= 0.6 is 11.8 Å². The van der Waals surface area contributed by atoms with Crippen LogP contribution in [0.4, 0.5) is 0 Å². The van der Waals surface area contributed by atoms with Crippen molar-refractivity contribution in [2.24, 2.45) is 0 Å². The van der Waals surface area contributed by atoms with Crippen LogP contribution in [-0.2, 0) is 14.6 Å². The summed E-state index contributed by atoms with van der Waals surface area (Å²) >= 11 is 1.34. The van der Waals surface area contributed by atoms with Crippen LogP contribution in [0.1, 0.15) is 26.7 Å². The van der Waals surface area contributed by atoms with Gasteiger partial charge in [0.1, 0.15) is 5.75 Å². The summed E-state index contributed by atoms with van der Waals surface area (Å²) in [6.07, 6.45) is 1.33. The Labute approximate surface area is 163 Å². The molecule has 1 amide bonds. The van der Waals surface area contributed by atoms with E-state index in [2.05, 4.69) is 9.97 Å². The minimum Gasteiger partial charge on any atom is -0.494 e. The molecule has 1 aromatic carbocycles. The van der Waals surface area contributed by atoms with Crippen LogP contribution in [0.3, 0.4) is 0 Å². The summed E-state index contributed by atoms with van der Waals surface area (Å²) in [6.45, 7) is 5.10. The van der Waals surface area contributed by atoms with Gasteiger partial charge in [-0.3, -0.25) is 4.79 Å². The topological polar surface area (TPSA) is 92.4 Å². The molecule has 0 saturated carbocycles. The number of thioether (sulfide) groups is 1. The Morgan fingerprint density at radius 1 is 1.41 bits per heavy atom. The molecule has 0 spiro atoms. The number of ether oxygens (including phenoxy) is 1. The molecule has 1 aliphatic heterocycles.